The molecule has 0 fully saturated rings. The summed E-state index contributed by atoms with van der Waals surface area (Å²) in [5, 5.41) is 8.34. The summed E-state index contributed by atoms with van der Waals surface area (Å²) in [5.41, 5.74) is 4.54. The molecule has 0 saturated carbocycles. The molecule has 1 aliphatic rings. The molecule has 4 rings (SSSR count). The van der Waals surface area contributed by atoms with Crippen LogP contribution in [0.5, 0.6) is 0 Å². The third-order valence-corrected chi connectivity index (χ3v) is 5.07. The fourth-order valence-electron chi connectivity index (χ4n) is 2.81. The van der Waals surface area contributed by atoms with Crippen LogP contribution in [0.15, 0.2) is 57.5 Å². The molecule has 0 atom stereocenters. The van der Waals surface area contributed by atoms with E-state index in [-0.39, 0.29) is 0 Å². The van der Waals surface area contributed by atoms with Gasteiger partial charge in [-0.25, -0.2) is 4.68 Å². The second-order valence-electron chi connectivity index (χ2n) is 5.22. The predicted octanol–water partition coefficient (Wildman–Crippen LogP) is 5.03. The van der Waals surface area contributed by atoms with E-state index in [0.29, 0.717) is 0 Å². The van der Waals surface area contributed by atoms with Crippen molar-refractivity contribution in [3.05, 3.63) is 63.0 Å². The van der Waals surface area contributed by atoms with Gasteiger partial charge in [0.25, 0.3) is 0 Å². The number of rotatable bonds is 2. The van der Waals surface area contributed by atoms with Crippen LogP contribution in [0.1, 0.15) is 5.56 Å². The zero-order chi connectivity index (χ0) is 15.1. The Kier molecular flexibility index (Phi) is 3.54. The molecule has 0 amide bonds. The minimum atomic E-state index is 0.959. The smallest absolute Gasteiger partial charge is 0.133 e. The lowest BCUT2D eigenvalue weighted by molar-refractivity contribution is 0.882. The van der Waals surface area contributed by atoms with Crippen LogP contribution in [0.3, 0.4) is 0 Å². The SMILES string of the molecule is Brc1ccc(-n2nc(-c3ccccc3Br)c3c2NCC3)cc1. The van der Waals surface area contributed by atoms with Crippen molar-refractivity contribution < 1.29 is 0 Å². The Labute approximate surface area is 145 Å². The molecule has 1 aromatic heterocycles. The highest BCUT2D eigenvalue weighted by atomic mass is 79.9. The fourth-order valence-corrected chi connectivity index (χ4v) is 3.55. The molecule has 1 aliphatic heterocycles. The standard InChI is InChI=1S/C17H13Br2N3/c18-11-5-7-12(8-6-11)22-17-14(9-10-20-17)16(21-22)13-3-1-2-4-15(13)19/h1-8,20H,9-10H2. The quantitative estimate of drug-likeness (QED) is 0.632. The largest absolute Gasteiger partial charge is 0.369 e. The second kappa shape index (κ2) is 5.56. The van der Waals surface area contributed by atoms with Crippen molar-refractivity contribution in [1.82, 2.24) is 9.78 Å². The third kappa shape index (κ3) is 2.29. The summed E-state index contributed by atoms with van der Waals surface area (Å²) >= 11 is 7.12. The number of halogens is 2. The summed E-state index contributed by atoms with van der Waals surface area (Å²) in [7, 11) is 0. The van der Waals surface area contributed by atoms with E-state index in [1.165, 1.54) is 5.56 Å². The summed E-state index contributed by atoms with van der Waals surface area (Å²) in [6.45, 7) is 0.959. The van der Waals surface area contributed by atoms with Gasteiger partial charge in [-0.2, -0.15) is 5.10 Å². The van der Waals surface area contributed by atoms with E-state index >= 15 is 0 Å². The van der Waals surface area contributed by atoms with Crippen molar-refractivity contribution in [3.8, 4) is 16.9 Å². The molecular weight excluding hydrogens is 406 g/mol. The first-order chi connectivity index (χ1) is 10.7. The maximum atomic E-state index is 4.87. The van der Waals surface area contributed by atoms with Crippen LogP contribution in [-0.4, -0.2) is 16.3 Å². The zero-order valence-corrected chi connectivity index (χ0v) is 14.9. The number of anilines is 1. The van der Waals surface area contributed by atoms with Gasteiger partial charge in [0, 0.05) is 26.6 Å². The van der Waals surface area contributed by atoms with Crippen molar-refractivity contribution in [2.24, 2.45) is 0 Å². The van der Waals surface area contributed by atoms with Gasteiger partial charge in [0.15, 0.2) is 0 Å². The average Bonchev–Trinajstić information content (AvgIpc) is 3.11. The Balaban J connectivity index is 1.90. The number of aromatic nitrogens is 2. The molecule has 0 unspecified atom stereocenters. The molecule has 22 heavy (non-hydrogen) atoms. The van der Waals surface area contributed by atoms with Crippen LogP contribution < -0.4 is 5.32 Å². The van der Waals surface area contributed by atoms with Crippen LogP contribution in [0, 0.1) is 0 Å². The van der Waals surface area contributed by atoms with Gasteiger partial charge in [0.2, 0.25) is 0 Å². The molecule has 2 aromatic carbocycles. The van der Waals surface area contributed by atoms with Crippen molar-refractivity contribution in [2.45, 2.75) is 6.42 Å². The highest BCUT2D eigenvalue weighted by Crippen LogP contribution is 2.37. The number of benzene rings is 2. The molecule has 2 heterocycles. The molecule has 0 spiro atoms. The van der Waals surface area contributed by atoms with E-state index in [0.717, 1.165) is 44.7 Å². The topological polar surface area (TPSA) is 29.9 Å². The van der Waals surface area contributed by atoms with Gasteiger partial charge in [0.05, 0.1) is 11.4 Å². The predicted molar refractivity (Wildman–Crippen MR) is 96.6 cm³/mol. The number of hydrogen-bond acceptors (Lipinski definition) is 2. The van der Waals surface area contributed by atoms with Crippen LogP contribution in [0.2, 0.25) is 0 Å². The van der Waals surface area contributed by atoms with Gasteiger partial charge in [-0.3, -0.25) is 0 Å². The maximum absolute atomic E-state index is 4.87. The molecule has 0 radical (unpaired) electrons. The van der Waals surface area contributed by atoms with Crippen LogP contribution >= 0.6 is 31.9 Å². The number of nitrogens with zero attached hydrogens (tertiary/aromatic N) is 2. The third-order valence-electron chi connectivity index (χ3n) is 3.85. The molecule has 110 valence electrons. The zero-order valence-electron chi connectivity index (χ0n) is 11.7. The van der Waals surface area contributed by atoms with E-state index in [2.05, 4.69) is 61.4 Å². The number of nitrogens with one attached hydrogen (secondary N) is 1. The van der Waals surface area contributed by atoms with Gasteiger partial charge in [-0.1, -0.05) is 50.1 Å². The monoisotopic (exact) mass is 417 g/mol. The molecule has 0 aliphatic carbocycles. The summed E-state index contributed by atoms with van der Waals surface area (Å²) in [6, 6.07) is 16.5. The molecule has 1 N–H and O–H groups in total. The fraction of sp³-hybridized carbons (Fsp3) is 0.118. The van der Waals surface area contributed by atoms with E-state index in [9.17, 15) is 0 Å². The van der Waals surface area contributed by atoms with Crippen molar-refractivity contribution >= 4 is 37.7 Å². The summed E-state index contributed by atoms with van der Waals surface area (Å²) < 4.78 is 4.15. The molecule has 0 bridgehead atoms. The lowest BCUT2D eigenvalue weighted by atomic mass is 10.1. The highest BCUT2D eigenvalue weighted by Gasteiger charge is 2.24. The highest BCUT2D eigenvalue weighted by molar-refractivity contribution is 9.10. The Hall–Kier alpha value is -1.59. The second-order valence-corrected chi connectivity index (χ2v) is 6.99. The van der Waals surface area contributed by atoms with Gasteiger partial charge in [0.1, 0.15) is 5.82 Å². The molecule has 0 saturated heterocycles. The Bertz CT molecular complexity index is 838. The molecule has 3 nitrogen and oxygen atoms in total. The lowest BCUT2D eigenvalue weighted by Gasteiger charge is -2.06. The van der Waals surface area contributed by atoms with E-state index in [1.807, 2.05) is 28.9 Å². The van der Waals surface area contributed by atoms with Gasteiger partial charge >= 0.3 is 0 Å². The molecular formula is C17H13Br2N3. The van der Waals surface area contributed by atoms with E-state index in [4.69, 9.17) is 5.10 Å². The maximum Gasteiger partial charge on any atom is 0.133 e. The summed E-state index contributed by atoms with van der Waals surface area (Å²) in [4.78, 5) is 0. The lowest BCUT2D eigenvalue weighted by Crippen LogP contribution is -2.04. The van der Waals surface area contributed by atoms with E-state index < -0.39 is 0 Å². The van der Waals surface area contributed by atoms with Crippen LogP contribution in [0.4, 0.5) is 5.82 Å². The summed E-state index contributed by atoms with van der Waals surface area (Å²) in [5.74, 6) is 1.10. The Morgan fingerprint density at radius 2 is 1.77 bits per heavy atom. The average molecular weight is 419 g/mol. The normalized spacial score (nSPS) is 13.0. The first-order valence-corrected chi connectivity index (χ1v) is 8.69. The minimum Gasteiger partial charge on any atom is -0.369 e. The first-order valence-electron chi connectivity index (χ1n) is 7.10. The van der Waals surface area contributed by atoms with Crippen LogP contribution in [-0.2, 0) is 6.42 Å². The molecule has 3 aromatic rings. The Morgan fingerprint density at radius 3 is 2.55 bits per heavy atom. The van der Waals surface area contributed by atoms with Crippen LogP contribution in [0.25, 0.3) is 16.9 Å². The van der Waals surface area contributed by atoms with Gasteiger partial charge in [-0.15, -0.1) is 0 Å². The number of hydrogen-bond donors (Lipinski definition) is 1. The van der Waals surface area contributed by atoms with Crippen molar-refractivity contribution in [3.63, 3.8) is 0 Å². The number of fused-ring (bicyclic) bond motifs is 1. The van der Waals surface area contributed by atoms with E-state index in [1.54, 1.807) is 0 Å². The Morgan fingerprint density at radius 1 is 1.00 bits per heavy atom. The molecule has 5 heteroatoms. The van der Waals surface area contributed by atoms with Gasteiger partial charge in [-0.05, 0) is 36.8 Å². The van der Waals surface area contributed by atoms with Crippen molar-refractivity contribution in [1.29, 1.82) is 0 Å². The van der Waals surface area contributed by atoms with Gasteiger partial charge < -0.3 is 5.32 Å². The summed E-state index contributed by atoms with van der Waals surface area (Å²) in [6.07, 6.45) is 1.00. The first kappa shape index (κ1) is 14.0. The minimum absolute atomic E-state index is 0.959. The van der Waals surface area contributed by atoms with Crippen molar-refractivity contribution in [2.75, 3.05) is 11.9 Å².